The number of benzene rings is 2. The van der Waals surface area contributed by atoms with Gasteiger partial charge in [-0.1, -0.05) is 48.2 Å². The summed E-state index contributed by atoms with van der Waals surface area (Å²) < 4.78 is 2.37. The van der Waals surface area contributed by atoms with Gasteiger partial charge in [-0.3, -0.25) is 14.5 Å². The molecule has 0 spiro atoms. The van der Waals surface area contributed by atoms with E-state index in [1.807, 2.05) is 60.8 Å². The fourth-order valence-corrected chi connectivity index (χ4v) is 4.24. The molecule has 0 saturated carbocycles. The number of fused-ring (bicyclic) bond motifs is 1. The summed E-state index contributed by atoms with van der Waals surface area (Å²) in [5.74, 6) is -1.45. The van der Waals surface area contributed by atoms with E-state index in [4.69, 9.17) is 17.3 Å². The van der Waals surface area contributed by atoms with Crippen LogP contribution in [0.1, 0.15) is 5.56 Å². The van der Waals surface area contributed by atoms with Crippen molar-refractivity contribution in [2.24, 2.45) is 0 Å². The summed E-state index contributed by atoms with van der Waals surface area (Å²) >= 11 is 6.25. The number of aliphatic carboxylic acids is 1. The molecule has 1 aromatic heterocycles. The lowest BCUT2D eigenvalue weighted by Gasteiger charge is -2.10. The molecule has 0 bridgehead atoms. The van der Waals surface area contributed by atoms with Crippen LogP contribution < -0.4 is 0 Å². The summed E-state index contributed by atoms with van der Waals surface area (Å²) in [5.41, 5.74) is 3.01. The molecule has 1 amide bonds. The van der Waals surface area contributed by atoms with Gasteiger partial charge in [-0.25, -0.2) is 0 Å². The Morgan fingerprint density at radius 3 is 2.67 bits per heavy atom. The number of aromatic nitrogens is 1. The standard InChI is InChI=1S/C20H14N2O3S2/c23-18(24)12-22-19(25)17(27-20(22)26)11-13-6-7-16-14(10-13)8-9-21(16)15-4-2-1-3-5-15/h1-11H,12H2,(H,23,24)/b17-11-. The molecule has 1 aliphatic heterocycles. The zero-order valence-corrected chi connectivity index (χ0v) is 15.7. The fourth-order valence-electron chi connectivity index (χ4n) is 2.99. The SMILES string of the molecule is O=C(O)CN1C(=O)/C(=C/c2ccc3c(ccn3-c3ccccc3)c2)SC1=S. The normalized spacial score (nSPS) is 15.9. The van der Waals surface area contributed by atoms with E-state index in [9.17, 15) is 9.59 Å². The Labute approximate surface area is 164 Å². The first-order chi connectivity index (χ1) is 13.0. The van der Waals surface area contributed by atoms with Crippen LogP contribution in [0.3, 0.4) is 0 Å². The van der Waals surface area contributed by atoms with Crippen molar-refractivity contribution in [3.8, 4) is 5.69 Å². The molecular weight excluding hydrogens is 380 g/mol. The molecule has 3 aromatic rings. The van der Waals surface area contributed by atoms with Gasteiger partial charge in [-0.15, -0.1) is 0 Å². The molecule has 7 heteroatoms. The van der Waals surface area contributed by atoms with Gasteiger partial charge in [-0.2, -0.15) is 0 Å². The second-order valence-electron chi connectivity index (χ2n) is 6.00. The van der Waals surface area contributed by atoms with Crippen molar-refractivity contribution in [2.45, 2.75) is 0 Å². The quantitative estimate of drug-likeness (QED) is 0.537. The first-order valence-corrected chi connectivity index (χ1v) is 9.39. The van der Waals surface area contributed by atoms with E-state index >= 15 is 0 Å². The highest BCUT2D eigenvalue weighted by molar-refractivity contribution is 8.26. The molecule has 1 aliphatic rings. The molecule has 1 fully saturated rings. The molecular formula is C20H14N2O3S2. The van der Waals surface area contributed by atoms with Crippen molar-refractivity contribution in [3.63, 3.8) is 0 Å². The third kappa shape index (κ3) is 3.39. The predicted molar refractivity (Wildman–Crippen MR) is 111 cm³/mol. The van der Waals surface area contributed by atoms with Gasteiger partial charge in [-0.05, 0) is 42.0 Å². The van der Waals surface area contributed by atoms with Crippen molar-refractivity contribution in [2.75, 3.05) is 6.54 Å². The number of rotatable bonds is 4. The number of carbonyl (C=O) groups excluding carboxylic acids is 1. The molecule has 27 heavy (non-hydrogen) atoms. The monoisotopic (exact) mass is 394 g/mol. The van der Waals surface area contributed by atoms with Crippen molar-refractivity contribution >= 4 is 57.2 Å². The third-order valence-corrected chi connectivity index (χ3v) is 5.59. The van der Waals surface area contributed by atoms with Crippen molar-refractivity contribution in [3.05, 3.63) is 71.3 Å². The average molecular weight is 394 g/mol. The lowest BCUT2D eigenvalue weighted by Crippen LogP contribution is -2.33. The van der Waals surface area contributed by atoms with Crippen molar-refractivity contribution in [1.29, 1.82) is 0 Å². The number of carboxylic acid groups (broad SMARTS) is 1. The van der Waals surface area contributed by atoms with Gasteiger partial charge in [0.15, 0.2) is 0 Å². The van der Waals surface area contributed by atoms with Crippen molar-refractivity contribution in [1.82, 2.24) is 9.47 Å². The van der Waals surface area contributed by atoms with E-state index < -0.39 is 12.5 Å². The minimum absolute atomic E-state index is 0.268. The van der Waals surface area contributed by atoms with Crippen LogP contribution in [0.25, 0.3) is 22.7 Å². The van der Waals surface area contributed by atoms with Gasteiger partial charge in [0.25, 0.3) is 5.91 Å². The van der Waals surface area contributed by atoms with Gasteiger partial charge < -0.3 is 9.67 Å². The van der Waals surface area contributed by atoms with Crippen LogP contribution in [0.15, 0.2) is 65.7 Å². The van der Waals surface area contributed by atoms with E-state index in [1.54, 1.807) is 6.08 Å². The van der Waals surface area contributed by atoms with E-state index in [0.29, 0.717) is 4.91 Å². The fraction of sp³-hybridized carbons (Fsp3) is 0.0500. The third-order valence-electron chi connectivity index (χ3n) is 4.21. The molecule has 2 heterocycles. The topological polar surface area (TPSA) is 62.5 Å². The van der Waals surface area contributed by atoms with Crippen LogP contribution in [0.4, 0.5) is 0 Å². The van der Waals surface area contributed by atoms with Crippen LogP contribution in [-0.2, 0) is 9.59 Å². The average Bonchev–Trinajstić information content (AvgIpc) is 3.18. The second-order valence-corrected chi connectivity index (χ2v) is 7.68. The van der Waals surface area contributed by atoms with Crippen LogP contribution >= 0.6 is 24.0 Å². The summed E-state index contributed by atoms with van der Waals surface area (Å²) in [5, 5.41) is 9.97. The molecule has 0 atom stereocenters. The van der Waals surface area contributed by atoms with Crippen LogP contribution in [0.5, 0.6) is 0 Å². The first kappa shape index (κ1) is 17.5. The Hall–Kier alpha value is -2.90. The van der Waals surface area contributed by atoms with E-state index in [2.05, 4.69) is 4.57 Å². The summed E-state index contributed by atoms with van der Waals surface area (Å²) in [6, 6.07) is 18.0. The first-order valence-electron chi connectivity index (χ1n) is 8.16. The molecule has 1 saturated heterocycles. The minimum Gasteiger partial charge on any atom is -0.480 e. The Balaban J connectivity index is 1.66. The Kier molecular flexibility index (Phi) is 4.55. The predicted octanol–water partition coefficient (Wildman–Crippen LogP) is 3.92. The number of hydrogen-bond acceptors (Lipinski definition) is 4. The molecule has 4 rings (SSSR count). The number of amides is 1. The second kappa shape index (κ2) is 7.02. The van der Waals surface area contributed by atoms with E-state index in [0.717, 1.165) is 38.8 Å². The Morgan fingerprint density at radius 2 is 1.93 bits per heavy atom. The number of para-hydroxylation sites is 1. The molecule has 0 radical (unpaired) electrons. The Bertz CT molecular complexity index is 1100. The molecule has 1 N–H and O–H groups in total. The lowest BCUT2D eigenvalue weighted by molar-refractivity contribution is -0.140. The summed E-state index contributed by atoms with van der Waals surface area (Å²) in [4.78, 5) is 24.8. The number of nitrogens with zero attached hydrogens (tertiary/aromatic N) is 2. The number of thiocarbonyl (C=S) groups is 1. The maximum absolute atomic E-state index is 12.4. The number of thioether (sulfide) groups is 1. The highest BCUT2D eigenvalue weighted by Crippen LogP contribution is 2.33. The molecule has 134 valence electrons. The summed E-state index contributed by atoms with van der Waals surface area (Å²) in [6.45, 7) is -0.416. The molecule has 0 aliphatic carbocycles. The zero-order chi connectivity index (χ0) is 19.0. The maximum atomic E-state index is 12.4. The molecule has 0 unspecified atom stereocenters. The Morgan fingerprint density at radius 1 is 1.15 bits per heavy atom. The zero-order valence-electron chi connectivity index (χ0n) is 14.0. The maximum Gasteiger partial charge on any atom is 0.323 e. The van der Waals surface area contributed by atoms with Gasteiger partial charge in [0, 0.05) is 17.3 Å². The van der Waals surface area contributed by atoms with E-state index in [1.165, 1.54) is 0 Å². The summed E-state index contributed by atoms with van der Waals surface area (Å²) in [7, 11) is 0. The van der Waals surface area contributed by atoms with E-state index in [-0.39, 0.29) is 10.2 Å². The number of carboxylic acids is 1. The lowest BCUT2D eigenvalue weighted by atomic mass is 10.1. The summed E-state index contributed by atoms with van der Waals surface area (Å²) in [6.07, 6.45) is 3.76. The van der Waals surface area contributed by atoms with Gasteiger partial charge >= 0.3 is 5.97 Å². The largest absolute Gasteiger partial charge is 0.480 e. The van der Waals surface area contributed by atoms with Gasteiger partial charge in [0.1, 0.15) is 10.9 Å². The smallest absolute Gasteiger partial charge is 0.323 e. The van der Waals surface area contributed by atoms with Gasteiger partial charge in [0.05, 0.1) is 10.4 Å². The highest BCUT2D eigenvalue weighted by atomic mass is 32.2. The number of hydrogen-bond donors (Lipinski definition) is 1. The number of carbonyl (C=O) groups is 2. The van der Waals surface area contributed by atoms with Crippen LogP contribution in [0, 0.1) is 0 Å². The van der Waals surface area contributed by atoms with Crippen LogP contribution in [-0.4, -0.2) is 37.3 Å². The molecule has 2 aromatic carbocycles. The molecule has 5 nitrogen and oxygen atoms in total. The highest BCUT2D eigenvalue weighted by Gasteiger charge is 2.33. The van der Waals surface area contributed by atoms with Gasteiger partial charge in [0.2, 0.25) is 0 Å². The minimum atomic E-state index is -1.09. The van der Waals surface area contributed by atoms with Crippen LogP contribution in [0.2, 0.25) is 0 Å². The van der Waals surface area contributed by atoms with Crippen molar-refractivity contribution < 1.29 is 14.7 Å².